The molecule has 0 fully saturated rings. The van der Waals surface area contributed by atoms with Gasteiger partial charge in [-0.1, -0.05) is 20.8 Å². The summed E-state index contributed by atoms with van der Waals surface area (Å²) in [5, 5.41) is 0. The summed E-state index contributed by atoms with van der Waals surface area (Å²) in [4.78, 5) is 7.18. The molecule has 1 heterocycles. The highest BCUT2D eigenvalue weighted by Crippen LogP contribution is 2.22. The normalized spacial score (nSPS) is 16.4. The fourth-order valence-electron chi connectivity index (χ4n) is 1.12. The largest absolute Gasteiger partial charge is 0.347 e. The Labute approximate surface area is 73.4 Å². The average molecular weight is 167 g/mol. The maximum Gasteiger partial charge on any atom is 0.123 e. The molecule has 68 valence electrons. The van der Waals surface area contributed by atoms with Crippen molar-refractivity contribution >= 4 is 0 Å². The monoisotopic (exact) mass is 167 g/mol. The fourth-order valence-corrected chi connectivity index (χ4v) is 1.12. The van der Waals surface area contributed by atoms with Gasteiger partial charge in [0.1, 0.15) is 5.82 Å². The zero-order valence-corrected chi connectivity index (χ0v) is 7.91. The first-order valence-electron chi connectivity index (χ1n) is 4.37. The van der Waals surface area contributed by atoms with E-state index in [1.807, 2.05) is 6.20 Å². The van der Waals surface area contributed by atoms with Gasteiger partial charge < -0.3 is 10.7 Å². The van der Waals surface area contributed by atoms with Gasteiger partial charge in [-0.2, -0.15) is 0 Å². The first-order chi connectivity index (χ1) is 5.63. The number of hydrogen-bond acceptors (Lipinski definition) is 2. The van der Waals surface area contributed by atoms with Crippen LogP contribution < -0.4 is 5.73 Å². The topological polar surface area (TPSA) is 54.7 Å². The van der Waals surface area contributed by atoms with Gasteiger partial charge in [0.2, 0.25) is 0 Å². The third kappa shape index (κ3) is 1.85. The number of nitrogens with two attached hydrogens (primary N) is 1. The van der Waals surface area contributed by atoms with Crippen LogP contribution in [0.5, 0.6) is 0 Å². The van der Waals surface area contributed by atoms with Crippen LogP contribution in [0.2, 0.25) is 0 Å². The van der Waals surface area contributed by atoms with Gasteiger partial charge >= 0.3 is 0 Å². The minimum Gasteiger partial charge on any atom is -0.347 e. The molecule has 0 saturated heterocycles. The molecule has 0 bridgehead atoms. The summed E-state index contributed by atoms with van der Waals surface area (Å²) < 4.78 is 0. The molecule has 0 amide bonds. The molecule has 0 saturated carbocycles. The van der Waals surface area contributed by atoms with E-state index in [2.05, 4.69) is 30.7 Å². The second kappa shape index (κ2) is 3.72. The third-order valence-electron chi connectivity index (χ3n) is 2.45. The van der Waals surface area contributed by atoms with Crippen molar-refractivity contribution in [1.29, 1.82) is 0 Å². The Hall–Kier alpha value is -0.830. The Balaban J connectivity index is 2.65. The molecule has 12 heavy (non-hydrogen) atoms. The number of hydrogen-bond donors (Lipinski definition) is 2. The van der Waals surface area contributed by atoms with E-state index < -0.39 is 0 Å². The maximum absolute atomic E-state index is 5.99. The summed E-state index contributed by atoms with van der Waals surface area (Å²) in [6.45, 7) is 6.50. The third-order valence-corrected chi connectivity index (χ3v) is 2.45. The number of nitrogens with zero attached hydrogens (tertiary/aromatic N) is 1. The van der Waals surface area contributed by atoms with E-state index >= 15 is 0 Å². The Morgan fingerprint density at radius 2 is 2.08 bits per heavy atom. The van der Waals surface area contributed by atoms with Crippen molar-refractivity contribution in [2.24, 2.45) is 17.6 Å². The summed E-state index contributed by atoms with van der Waals surface area (Å²) in [5.41, 5.74) is 5.99. The van der Waals surface area contributed by atoms with Crippen molar-refractivity contribution in [2.75, 3.05) is 0 Å². The minimum absolute atomic E-state index is 0.0278. The Morgan fingerprint density at radius 1 is 1.42 bits per heavy atom. The molecule has 0 aliphatic heterocycles. The van der Waals surface area contributed by atoms with E-state index in [0.717, 1.165) is 5.82 Å². The van der Waals surface area contributed by atoms with Crippen molar-refractivity contribution in [3.8, 4) is 0 Å². The predicted molar refractivity (Wildman–Crippen MR) is 49.5 cm³/mol. The number of H-pyrrole nitrogens is 1. The second-order valence-electron chi connectivity index (χ2n) is 3.60. The van der Waals surface area contributed by atoms with Crippen LogP contribution in [0.15, 0.2) is 12.4 Å². The minimum atomic E-state index is 0.0278. The van der Waals surface area contributed by atoms with Gasteiger partial charge in [0.25, 0.3) is 0 Å². The van der Waals surface area contributed by atoms with Crippen LogP contribution in [0.3, 0.4) is 0 Å². The molecule has 0 spiro atoms. The molecule has 3 N–H and O–H groups in total. The molecule has 1 aromatic rings. The SMILES string of the molecule is CC(C)C(C)C(N)c1ncc[nH]1. The molecular formula is C9H17N3. The zero-order chi connectivity index (χ0) is 9.14. The second-order valence-corrected chi connectivity index (χ2v) is 3.60. The van der Waals surface area contributed by atoms with Crippen LogP contribution >= 0.6 is 0 Å². The van der Waals surface area contributed by atoms with Crippen LogP contribution in [0.25, 0.3) is 0 Å². The molecule has 0 radical (unpaired) electrons. The van der Waals surface area contributed by atoms with Crippen molar-refractivity contribution < 1.29 is 0 Å². The summed E-state index contributed by atoms with van der Waals surface area (Å²) in [6.07, 6.45) is 3.55. The Bertz CT molecular complexity index is 216. The van der Waals surface area contributed by atoms with Crippen LogP contribution in [-0.2, 0) is 0 Å². The molecule has 2 atom stereocenters. The van der Waals surface area contributed by atoms with Gasteiger partial charge in [-0.05, 0) is 11.8 Å². The highest BCUT2D eigenvalue weighted by atomic mass is 14.9. The van der Waals surface area contributed by atoms with E-state index in [1.54, 1.807) is 6.20 Å². The van der Waals surface area contributed by atoms with Gasteiger partial charge in [0.05, 0.1) is 6.04 Å². The quantitative estimate of drug-likeness (QED) is 0.720. The maximum atomic E-state index is 5.99. The lowest BCUT2D eigenvalue weighted by Gasteiger charge is -2.21. The van der Waals surface area contributed by atoms with Crippen molar-refractivity contribution in [3.63, 3.8) is 0 Å². The highest BCUT2D eigenvalue weighted by Gasteiger charge is 2.19. The van der Waals surface area contributed by atoms with E-state index in [9.17, 15) is 0 Å². The van der Waals surface area contributed by atoms with Gasteiger partial charge in [-0.15, -0.1) is 0 Å². The highest BCUT2D eigenvalue weighted by molar-refractivity contribution is 4.96. The molecule has 0 aliphatic rings. The lowest BCUT2D eigenvalue weighted by Crippen LogP contribution is -2.24. The number of rotatable bonds is 3. The van der Waals surface area contributed by atoms with Crippen LogP contribution in [0.1, 0.15) is 32.6 Å². The number of aromatic nitrogens is 2. The zero-order valence-electron chi connectivity index (χ0n) is 7.91. The molecular weight excluding hydrogens is 150 g/mol. The van der Waals surface area contributed by atoms with E-state index in [1.165, 1.54) is 0 Å². The number of aromatic amines is 1. The summed E-state index contributed by atoms with van der Waals surface area (Å²) in [5.74, 6) is 1.93. The Kier molecular flexibility index (Phi) is 2.87. The van der Waals surface area contributed by atoms with E-state index in [4.69, 9.17) is 5.73 Å². The molecule has 3 heteroatoms. The van der Waals surface area contributed by atoms with Gasteiger partial charge in [0.15, 0.2) is 0 Å². The average Bonchev–Trinajstić information content (AvgIpc) is 2.53. The molecule has 1 rings (SSSR count). The molecule has 0 aliphatic carbocycles. The summed E-state index contributed by atoms with van der Waals surface area (Å²) in [6, 6.07) is 0.0278. The van der Waals surface area contributed by atoms with Crippen molar-refractivity contribution in [2.45, 2.75) is 26.8 Å². The predicted octanol–water partition coefficient (Wildman–Crippen LogP) is 1.70. The van der Waals surface area contributed by atoms with E-state index in [0.29, 0.717) is 11.8 Å². The summed E-state index contributed by atoms with van der Waals surface area (Å²) in [7, 11) is 0. The molecule has 2 unspecified atom stereocenters. The van der Waals surface area contributed by atoms with Crippen molar-refractivity contribution in [3.05, 3.63) is 18.2 Å². The van der Waals surface area contributed by atoms with Gasteiger partial charge in [-0.3, -0.25) is 0 Å². The molecule has 0 aromatic carbocycles. The standard InChI is InChI=1S/C9H17N3/c1-6(2)7(3)8(10)9-11-4-5-12-9/h4-8H,10H2,1-3H3,(H,11,12). The smallest absolute Gasteiger partial charge is 0.123 e. The molecule has 1 aromatic heterocycles. The molecule has 3 nitrogen and oxygen atoms in total. The Morgan fingerprint density at radius 3 is 2.50 bits per heavy atom. The fraction of sp³-hybridized carbons (Fsp3) is 0.667. The van der Waals surface area contributed by atoms with Gasteiger partial charge in [-0.25, -0.2) is 4.98 Å². The first-order valence-corrected chi connectivity index (χ1v) is 4.37. The number of imidazole rings is 1. The first kappa shape index (κ1) is 9.26. The van der Waals surface area contributed by atoms with Crippen LogP contribution in [0, 0.1) is 11.8 Å². The van der Waals surface area contributed by atoms with Gasteiger partial charge in [0, 0.05) is 12.4 Å². The lowest BCUT2D eigenvalue weighted by molar-refractivity contribution is 0.343. The summed E-state index contributed by atoms with van der Waals surface area (Å²) >= 11 is 0. The van der Waals surface area contributed by atoms with Crippen LogP contribution in [-0.4, -0.2) is 9.97 Å². The van der Waals surface area contributed by atoms with Crippen molar-refractivity contribution in [1.82, 2.24) is 9.97 Å². The number of nitrogens with one attached hydrogen (secondary N) is 1. The van der Waals surface area contributed by atoms with Crippen LogP contribution in [0.4, 0.5) is 0 Å². The lowest BCUT2D eigenvalue weighted by atomic mass is 9.90. The van der Waals surface area contributed by atoms with E-state index in [-0.39, 0.29) is 6.04 Å².